The maximum atomic E-state index is 13.6. The lowest BCUT2D eigenvalue weighted by molar-refractivity contribution is 0.532. The number of fused-ring (bicyclic) bond motifs is 1. The van der Waals surface area contributed by atoms with Crippen LogP contribution in [0.4, 0.5) is 4.39 Å². The van der Waals surface area contributed by atoms with Gasteiger partial charge in [0.15, 0.2) is 0 Å². The summed E-state index contributed by atoms with van der Waals surface area (Å²) >= 11 is 2.13. The van der Waals surface area contributed by atoms with Gasteiger partial charge in [0, 0.05) is 11.4 Å². The van der Waals surface area contributed by atoms with E-state index in [-0.39, 0.29) is 11.9 Å². The normalized spacial score (nSPS) is 11.5. The monoisotopic (exact) mass is 304 g/mol. The quantitative estimate of drug-likeness (QED) is 0.739. The van der Waals surface area contributed by atoms with E-state index in [9.17, 15) is 4.39 Å². The predicted octanol–water partition coefficient (Wildman–Crippen LogP) is 3.36. The molecule has 0 atom stereocenters. The summed E-state index contributed by atoms with van der Waals surface area (Å²) in [5.74, 6) is -0.202. The highest BCUT2D eigenvalue weighted by molar-refractivity contribution is 14.1. The van der Waals surface area contributed by atoms with Gasteiger partial charge in [-0.25, -0.2) is 4.39 Å². The molecule has 0 amide bonds. The first-order valence-electron chi connectivity index (χ1n) is 4.43. The van der Waals surface area contributed by atoms with E-state index in [1.165, 1.54) is 6.07 Å². The lowest BCUT2D eigenvalue weighted by Gasteiger charge is -2.06. The zero-order valence-electron chi connectivity index (χ0n) is 7.96. The van der Waals surface area contributed by atoms with Gasteiger partial charge in [0.1, 0.15) is 15.0 Å². The summed E-state index contributed by atoms with van der Waals surface area (Å²) in [5, 5.41) is 5.20. The maximum Gasteiger partial charge on any atom is 0.149 e. The highest BCUT2D eigenvalue weighted by atomic mass is 127. The van der Waals surface area contributed by atoms with Crippen molar-refractivity contribution in [2.24, 2.45) is 0 Å². The zero-order valence-corrected chi connectivity index (χ0v) is 10.1. The number of hydrogen-bond acceptors (Lipinski definition) is 1. The topological polar surface area (TPSA) is 17.8 Å². The molecule has 0 saturated carbocycles. The molecule has 0 saturated heterocycles. The number of rotatable bonds is 1. The van der Waals surface area contributed by atoms with Crippen molar-refractivity contribution >= 4 is 33.5 Å². The van der Waals surface area contributed by atoms with Gasteiger partial charge in [0.25, 0.3) is 0 Å². The van der Waals surface area contributed by atoms with E-state index in [2.05, 4.69) is 27.7 Å². The molecule has 0 aliphatic rings. The number of nitrogens with zero attached hydrogens (tertiary/aromatic N) is 2. The average Bonchev–Trinajstić information content (AvgIpc) is 2.46. The van der Waals surface area contributed by atoms with Crippen molar-refractivity contribution in [1.29, 1.82) is 0 Å². The Morgan fingerprint density at radius 3 is 2.79 bits per heavy atom. The van der Waals surface area contributed by atoms with Crippen LogP contribution >= 0.6 is 22.6 Å². The van der Waals surface area contributed by atoms with E-state index >= 15 is 0 Å². The van der Waals surface area contributed by atoms with Gasteiger partial charge in [0.05, 0.1) is 0 Å². The minimum absolute atomic E-state index is 0.179. The molecule has 1 aromatic heterocycles. The molecule has 0 bridgehead atoms. The van der Waals surface area contributed by atoms with Crippen molar-refractivity contribution < 1.29 is 4.39 Å². The van der Waals surface area contributed by atoms with Crippen molar-refractivity contribution in [2.75, 3.05) is 0 Å². The first kappa shape index (κ1) is 9.89. The summed E-state index contributed by atoms with van der Waals surface area (Å²) in [4.78, 5) is 0. The Labute approximate surface area is 95.2 Å². The minimum atomic E-state index is -0.202. The first-order chi connectivity index (χ1) is 6.61. The van der Waals surface area contributed by atoms with Gasteiger partial charge in [-0.1, -0.05) is 6.07 Å². The van der Waals surface area contributed by atoms with Crippen molar-refractivity contribution in [2.45, 2.75) is 19.9 Å². The molecule has 0 fully saturated rings. The summed E-state index contributed by atoms with van der Waals surface area (Å²) < 4.78 is 16.1. The van der Waals surface area contributed by atoms with Crippen molar-refractivity contribution in [3.8, 4) is 0 Å². The molecule has 14 heavy (non-hydrogen) atoms. The summed E-state index contributed by atoms with van der Waals surface area (Å²) in [7, 11) is 0. The van der Waals surface area contributed by atoms with Crippen LogP contribution in [0.3, 0.4) is 0 Å². The largest absolute Gasteiger partial charge is 0.258 e. The van der Waals surface area contributed by atoms with Crippen LogP contribution in [0.15, 0.2) is 18.2 Å². The average molecular weight is 304 g/mol. The fourth-order valence-electron chi connectivity index (χ4n) is 1.49. The summed E-state index contributed by atoms with van der Waals surface area (Å²) in [6, 6.07) is 5.26. The Morgan fingerprint density at radius 1 is 1.43 bits per heavy atom. The van der Waals surface area contributed by atoms with E-state index in [1.807, 2.05) is 19.9 Å². The van der Waals surface area contributed by atoms with Gasteiger partial charge in [-0.3, -0.25) is 4.68 Å². The van der Waals surface area contributed by atoms with E-state index < -0.39 is 0 Å². The third-order valence-corrected chi connectivity index (χ3v) is 2.92. The van der Waals surface area contributed by atoms with E-state index in [0.717, 1.165) is 9.09 Å². The summed E-state index contributed by atoms with van der Waals surface area (Å²) in [5.41, 5.74) is 0.604. The predicted molar refractivity (Wildman–Crippen MR) is 62.8 cm³/mol. The second kappa shape index (κ2) is 3.49. The van der Waals surface area contributed by atoms with Crippen LogP contribution in [-0.4, -0.2) is 9.78 Å². The van der Waals surface area contributed by atoms with Crippen LogP contribution in [0.2, 0.25) is 0 Å². The molecule has 0 spiro atoms. The maximum absolute atomic E-state index is 13.6. The van der Waals surface area contributed by atoms with Crippen molar-refractivity contribution in [3.63, 3.8) is 0 Å². The Balaban J connectivity index is 2.86. The SMILES string of the molecule is CC(C)n1nc(I)c2cccc(F)c21. The molecule has 2 aromatic rings. The molecule has 1 aromatic carbocycles. The second-order valence-electron chi connectivity index (χ2n) is 3.47. The standard InChI is InChI=1S/C10H10FIN2/c1-6(2)14-9-7(10(12)13-14)4-3-5-8(9)11/h3-6H,1-2H3. The van der Waals surface area contributed by atoms with Crippen LogP contribution in [0.1, 0.15) is 19.9 Å². The van der Waals surface area contributed by atoms with Crippen LogP contribution < -0.4 is 0 Å². The minimum Gasteiger partial charge on any atom is -0.258 e. The number of hydrogen-bond donors (Lipinski definition) is 0. The zero-order chi connectivity index (χ0) is 10.3. The van der Waals surface area contributed by atoms with Crippen molar-refractivity contribution in [1.82, 2.24) is 9.78 Å². The molecule has 2 nitrogen and oxygen atoms in total. The molecular formula is C10H10FIN2. The third kappa shape index (κ3) is 1.41. The molecule has 1 heterocycles. The molecular weight excluding hydrogens is 294 g/mol. The van der Waals surface area contributed by atoms with Gasteiger partial charge in [-0.2, -0.15) is 5.10 Å². The van der Waals surface area contributed by atoms with E-state index in [4.69, 9.17) is 0 Å². The van der Waals surface area contributed by atoms with Crippen LogP contribution in [0, 0.1) is 9.52 Å². The molecule has 0 aliphatic carbocycles. The van der Waals surface area contributed by atoms with Gasteiger partial charge in [-0.15, -0.1) is 0 Å². The van der Waals surface area contributed by atoms with Crippen LogP contribution in [0.25, 0.3) is 10.9 Å². The number of para-hydroxylation sites is 1. The number of benzene rings is 1. The molecule has 0 N–H and O–H groups in total. The number of aromatic nitrogens is 2. The smallest absolute Gasteiger partial charge is 0.149 e. The highest BCUT2D eigenvalue weighted by Gasteiger charge is 2.13. The summed E-state index contributed by atoms with van der Waals surface area (Å²) in [6.45, 7) is 3.99. The van der Waals surface area contributed by atoms with Gasteiger partial charge in [-0.05, 0) is 48.6 Å². The van der Waals surface area contributed by atoms with Crippen LogP contribution in [-0.2, 0) is 0 Å². The number of halogens is 2. The summed E-state index contributed by atoms with van der Waals surface area (Å²) in [6.07, 6.45) is 0. The Bertz CT molecular complexity index is 476. The van der Waals surface area contributed by atoms with Crippen LogP contribution in [0.5, 0.6) is 0 Å². The fourth-order valence-corrected chi connectivity index (χ4v) is 2.15. The molecule has 0 radical (unpaired) electrons. The third-order valence-electron chi connectivity index (χ3n) is 2.12. The Kier molecular flexibility index (Phi) is 2.47. The molecule has 2 rings (SSSR count). The Morgan fingerprint density at radius 2 is 2.14 bits per heavy atom. The lowest BCUT2D eigenvalue weighted by atomic mass is 10.2. The van der Waals surface area contributed by atoms with Gasteiger partial charge < -0.3 is 0 Å². The molecule has 0 aliphatic heterocycles. The first-order valence-corrected chi connectivity index (χ1v) is 5.51. The Hall–Kier alpha value is -0.650. The van der Waals surface area contributed by atoms with E-state index in [1.54, 1.807) is 10.7 Å². The van der Waals surface area contributed by atoms with Gasteiger partial charge >= 0.3 is 0 Å². The molecule has 4 heteroatoms. The highest BCUT2D eigenvalue weighted by Crippen LogP contribution is 2.25. The lowest BCUT2D eigenvalue weighted by Crippen LogP contribution is -2.03. The van der Waals surface area contributed by atoms with Gasteiger partial charge in [0.2, 0.25) is 0 Å². The fraction of sp³-hybridized carbons (Fsp3) is 0.300. The van der Waals surface area contributed by atoms with E-state index in [0.29, 0.717) is 5.52 Å². The molecule has 74 valence electrons. The second-order valence-corrected chi connectivity index (χ2v) is 4.49. The van der Waals surface area contributed by atoms with Crippen molar-refractivity contribution in [3.05, 3.63) is 27.7 Å². The molecule has 0 unspecified atom stereocenters.